The number of thiocarbonyl (C=S) groups is 1. The van der Waals surface area contributed by atoms with Gasteiger partial charge >= 0.3 is 0 Å². The number of nitrogens with one attached hydrogen (secondary N) is 2. The molecule has 2 aliphatic rings. The molecule has 0 spiro atoms. The fraction of sp³-hybridized carbons (Fsp3) is 0.300. The van der Waals surface area contributed by atoms with Crippen LogP contribution >= 0.6 is 23.8 Å². The summed E-state index contributed by atoms with van der Waals surface area (Å²) in [6, 6.07) is 17.4. The smallest absolute Gasteiger partial charge is 0.293 e. The van der Waals surface area contributed by atoms with E-state index < -0.39 is 10.8 Å². The Morgan fingerprint density at radius 1 is 0.905 bits per heavy atom. The number of rotatable bonds is 6. The lowest BCUT2D eigenvalue weighted by Gasteiger charge is -2.37. The van der Waals surface area contributed by atoms with Gasteiger partial charge in [-0.05, 0) is 68.4 Å². The summed E-state index contributed by atoms with van der Waals surface area (Å²) in [5, 5.41) is 18.0. The van der Waals surface area contributed by atoms with Gasteiger partial charge in [-0.15, -0.1) is 0 Å². The molecule has 2 N–H and O–H groups in total. The summed E-state index contributed by atoms with van der Waals surface area (Å²) in [7, 11) is 0. The molecule has 3 aromatic carbocycles. The van der Waals surface area contributed by atoms with E-state index in [0.717, 1.165) is 31.5 Å². The molecule has 2 aliphatic heterocycles. The molecule has 2 saturated heterocycles. The molecule has 5 rings (SSSR count). The first-order chi connectivity index (χ1) is 20.2. The van der Waals surface area contributed by atoms with Crippen LogP contribution in [0, 0.1) is 17.0 Å². The third-order valence-electron chi connectivity index (χ3n) is 7.52. The number of amides is 2. The first-order valence-corrected chi connectivity index (χ1v) is 14.5. The van der Waals surface area contributed by atoms with Crippen LogP contribution < -0.4 is 20.4 Å². The minimum Gasteiger partial charge on any atom is -0.366 e. The molecule has 0 aromatic heterocycles. The Balaban J connectivity index is 1.24. The molecule has 218 valence electrons. The highest BCUT2D eigenvalue weighted by molar-refractivity contribution is 7.80. The lowest BCUT2D eigenvalue weighted by molar-refractivity contribution is -0.384. The molecule has 0 unspecified atom stereocenters. The Bertz CT molecular complexity index is 1520. The highest BCUT2D eigenvalue weighted by Gasteiger charge is 2.26. The van der Waals surface area contributed by atoms with Crippen molar-refractivity contribution in [3.63, 3.8) is 0 Å². The van der Waals surface area contributed by atoms with E-state index in [1.54, 1.807) is 30.3 Å². The zero-order chi connectivity index (χ0) is 29.8. The lowest BCUT2D eigenvalue weighted by Crippen LogP contribution is -2.49. The maximum Gasteiger partial charge on any atom is 0.293 e. The van der Waals surface area contributed by atoms with Gasteiger partial charge in [0.05, 0.1) is 21.3 Å². The number of nitro groups is 1. The van der Waals surface area contributed by atoms with E-state index in [-0.39, 0.29) is 22.3 Å². The number of nitrogens with zero attached hydrogens (tertiary/aromatic N) is 4. The van der Waals surface area contributed by atoms with E-state index >= 15 is 0 Å². The van der Waals surface area contributed by atoms with Gasteiger partial charge < -0.3 is 20.0 Å². The van der Waals surface area contributed by atoms with Crippen LogP contribution in [0.5, 0.6) is 0 Å². The average Bonchev–Trinajstić information content (AvgIpc) is 3.52. The second-order valence-corrected chi connectivity index (χ2v) is 11.2. The summed E-state index contributed by atoms with van der Waals surface area (Å²) in [4.78, 5) is 43.1. The van der Waals surface area contributed by atoms with Crippen molar-refractivity contribution in [2.75, 3.05) is 54.4 Å². The molecule has 0 atom stereocenters. The van der Waals surface area contributed by atoms with Crippen molar-refractivity contribution >= 4 is 63.5 Å². The number of anilines is 3. The van der Waals surface area contributed by atoms with Crippen LogP contribution in [0.1, 0.15) is 39.1 Å². The number of carbonyl (C=O) groups excluding carboxylic acids is 2. The summed E-state index contributed by atoms with van der Waals surface area (Å²) >= 11 is 12.0. The van der Waals surface area contributed by atoms with Crippen molar-refractivity contribution in [1.82, 2.24) is 10.2 Å². The van der Waals surface area contributed by atoms with E-state index in [1.165, 1.54) is 6.07 Å². The molecule has 2 heterocycles. The number of para-hydroxylation sites is 1. The highest BCUT2D eigenvalue weighted by Crippen LogP contribution is 2.35. The predicted molar refractivity (Wildman–Crippen MR) is 169 cm³/mol. The maximum atomic E-state index is 13.0. The standard InChI is InChI=1S/C30H31ClN6O4S/c1-20-7-9-21(10-8-20)29(39)36-17-15-35(16-18-36)27-23(31)5-4-6-24(27)32-30(42)33-28(38)22-11-12-25(26(19-22)37(40)41)34-13-2-3-14-34/h4-12,19H,2-3,13-18H2,1H3,(H2,32,33,38,42). The molecule has 0 aliphatic carbocycles. The van der Waals surface area contributed by atoms with Crippen LogP contribution in [0.25, 0.3) is 0 Å². The Morgan fingerprint density at radius 2 is 1.57 bits per heavy atom. The summed E-state index contributed by atoms with van der Waals surface area (Å²) in [6.07, 6.45) is 1.96. The summed E-state index contributed by atoms with van der Waals surface area (Å²) in [5.41, 5.74) is 3.60. The van der Waals surface area contributed by atoms with Crippen LogP contribution in [0.3, 0.4) is 0 Å². The molecular formula is C30H31ClN6O4S. The predicted octanol–water partition coefficient (Wildman–Crippen LogP) is 5.25. The van der Waals surface area contributed by atoms with Gasteiger partial charge in [-0.2, -0.15) is 0 Å². The van der Waals surface area contributed by atoms with Gasteiger partial charge in [0.15, 0.2) is 5.11 Å². The molecule has 0 saturated carbocycles. The van der Waals surface area contributed by atoms with Gasteiger partial charge in [0, 0.05) is 56.5 Å². The first kappa shape index (κ1) is 29.3. The summed E-state index contributed by atoms with van der Waals surface area (Å²) < 4.78 is 0. The van der Waals surface area contributed by atoms with E-state index in [4.69, 9.17) is 23.8 Å². The van der Waals surface area contributed by atoms with Gasteiger partial charge in [0.1, 0.15) is 5.69 Å². The Morgan fingerprint density at radius 3 is 2.24 bits per heavy atom. The van der Waals surface area contributed by atoms with Gasteiger partial charge in [-0.25, -0.2) is 0 Å². The largest absolute Gasteiger partial charge is 0.366 e. The van der Waals surface area contributed by atoms with Crippen molar-refractivity contribution in [2.24, 2.45) is 0 Å². The van der Waals surface area contributed by atoms with Crippen molar-refractivity contribution in [2.45, 2.75) is 19.8 Å². The van der Waals surface area contributed by atoms with E-state index in [2.05, 4.69) is 15.5 Å². The molecule has 3 aromatic rings. The number of aryl methyl sites for hydroxylation is 1. The van der Waals surface area contributed by atoms with Crippen LogP contribution in [0.4, 0.5) is 22.7 Å². The first-order valence-electron chi connectivity index (χ1n) is 13.8. The molecular weight excluding hydrogens is 576 g/mol. The quantitative estimate of drug-likeness (QED) is 0.222. The van der Waals surface area contributed by atoms with Crippen molar-refractivity contribution < 1.29 is 14.5 Å². The Hall–Kier alpha value is -4.22. The van der Waals surface area contributed by atoms with E-state index in [1.807, 2.05) is 41.0 Å². The Kier molecular flexibility index (Phi) is 8.89. The molecule has 10 nitrogen and oxygen atoms in total. The average molecular weight is 607 g/mol. The molecule has 0 radical (unpaired) electrons. The molecule has 42 heavy (non-hydrogen) atoms. The SMILES string of the molecule is Cc1ccc(C(=O)N2CCN(c3c(Cl)cccc3NC(=S)NC(=O)c3ccc(N4CCCC4)c([N+](=O)[O-])c3)CC2)cc1. The summed E-state index contributed by atoms with van der Waals surface area (Å²) in [6.45, 7) is 5.64. The molecule has 0 bridgehead atoms. The third kappa shape index (κ3) is 6.47. The third-order valence-corrected chi connectivity index (χ3v) is 8.03. The van der Waals surface area contributed by atoms with Gasteiger partial charge in [-0.3, -0.25) is 25.0 Å². The maximum absolute atomic E-state index is 13.0. The number of hydrogen-bond acceptors (Lipinski definition) is 7. The number of carbonyl (C=O) groups is 2. The van der Waals surface area contributed by atoms with Crippen LogP contribution in [0.2, 0.25) is 5.02 Å². The second-order valence-electron chi connectivity index (χ2n) is 10.3. The zero-order valence-electron chi connectivity index (χ0n) is 23.1. The monoisotopic (exact) mass is 606 g/mol. The van der Waals surface area contributed by atoms with Crippen LogP contribution in [0.15, 0.2) is 60.7 Å². The topological polar surface area (TPSA) is 111 Å². The zero-order valence-corrected chi connectivity index (χ0v) is 24.7. The van der Waals surface area contributed by atoms with E-state index in [9.17, 15) is 19.7 Å². The van der Waals surface area contributed by atoms with Crippen molar-refractivity contribution in [3.8, 4) is 0 Å². The van der Waals surface area contributed by atoms with E-state index in [0.29, 0.717) is 53.8 Å². The number of hydrogen-bond donors (Lipinski definition) is 2. The number of halogens is 1. The van der Waals surface area contributed by atoms with Crippen LogP contribution in [-0.2, 0) is 0 Å². The normalized spacial score (nSPS) is 15.0. The Labute approximate surface area is 254 Å². The minimum absolute atomic E-state index is 0.00949. The highest BCUT2D eigenvalue weighted by atomic mass is 35.5. The molecule has 12 heteroatoms. The van der Waals surface area contributed by atoms with Crippen molar-refractivity contribution in [3.05, 3.63) is 92.5 Å². The molecule has 2 fully saturated rings. The number of nitro benzene ring substituents is 1. The lowest BCUT2D eigenvalue weighted by atomic mass is 10.1. The van der Waals surface area contributed by atoms with Gasteiger partial charge in [-0.1, -0.05) is 35.4 Å². The minimum atomic E-state index is -0.560. The fourth-order valence-corrected chi connectivity index (χ4v) is 5.81. The number of benzene rings is 3. The van der Waals surface area contributed by atoms with Gasteiger partial charge in [0.25, 0.3) is 17.5 Å². The van der Waals surface area contributed by atoms with Crippen LogP contribution in [-0.4, -0.2) is 66.0 Å². The second kappa shape index (κ2) is 12.7. The van der Waals surface area contributed by atoms with Gasteiger partial charge in [0.2, 0.25) is 0 Å². The molecule has 2 amide bonds. The number of piperazine rings is 1. The fourth-order valence-electron chi connectivity index (χ4n) is 5.31. The summed E-state index contributed by atoms with van der Waals surface area (Å²) in [5.74, 6) is -0.569. The van der Waals surface area contributed by atoms with Crippen molar-refractivity contribution in [1.29, 1.82) is 0 Å².